The molecule has 3 rings (SSSR count). The van der Waals surface area contributed by atoms with Crippen molar-refractivity contribution >= 4 is 15.7 Å². The minimum Gasteiger partial charge on any atom is -0.497 e. The molecule has 3 aromatic rings. The maximum atomic E-state index is 13.4. The highest BCUT2D eigenvalue weighted by molar-refractivity contribution is 7.91. The summed E-state index contributed by atoms with van der Waals surface area (Å²) in [4.78, 5) is 13.0. The second-order valence-electron chi connectivity index (χ2n) is 6.85. The van der Waals surface area contributed by atoms with Crippen molar-refractivity contribution in [3.63, 3.8) is 0 Å². The van der Waals surface area contributed by atoms with Gasteiger partial charge in [-0.25, -0.2) is 8.42 Å². The minimum atomic E-state index is -3.90. The van der Waals surface area contributed by atoms with Crippen molar-refractivity contribution in [3.05, 3.63) is 66.1 Å². The summed E-state index contributed by atoms with van der Waals surface area (Å²) in [6, 6.07) is 12.1. The predicted molar refractivity (Wildman–Crippen MR) is 120 cm³/mol. The number of benzene rings is 2. The molecule has 0 spiro atoms. The Kier molecular flexibility index (Phi) is 7.49. The fraction of sp³-hybridized carbons (Fsp3) is 0.261. The Morgan fingerprint density at radius 2 is 1.58 bits per heavy atom. The Morgan fingerprint density at radius 3 is 2.06 bits per heavy atom. The molecule has 33 heavy (non-hydrogen) atoms. The SMILES string of the molecule is COc1ccc(S(=O)(=O)C(CNC(=O)c2cc(OC)c(OC)c(OC)c2)c2ccco2)cc1. The van der Waals surface area contributed by atoms with E-state index in [1.165, 1.54) is 59.0 Å². The lowest BCUT2D eigenvalue weighted by Crippen LogP contribution is -2.31. The van der Waals surface area contributed by atoms with Gasteiger partial charge in [0.05, 0.1) is 39.6 Å². The number of furan rings is 1. The summed E-state index contributed by atoms with van der Waals surface area (Å²) in [7, 11) is 1.93. The standard InChI is InChI=1S/C23H25NO8S/c1-28-16-7-9-17(10-8-16)33(26,27)21(18-6-5-11-32-18)14-24-23(25)15-12-19(29-2)22(31-4)20(13-15)30-3/h5-13,21H,14H2,1-4H3,(H,24,25). The van der Waals surface area contributed by atoms with Crippen LogP contribution < -0.4 is 24.3 Å². The van der Waals surface area contributed by atoms with Crippen LogP contribution in [0.1, 0.15) is 21.4 Å². The number of carbonyl (C=O) groups excluding carboxylic acids is 1. The van der Waals surface area contributed by atoms with Crippen LogP contribution in [0.15, 0.2) is 64.1 Å². The second kappa shape index (κ2) is 10.3. The lowest BCUT2D eigenvalue weighted by Gasteiger charge is -2.18. The van der Waals surface area contributed by atoms with E-state index in [0.29, 0.717) is 23.0 Å². The van der Waals surface area contributed by atoms with Gasteiger partial charge in [0.2, 0.25) is 5.75 Å². The van der Waals surface area contributed by atoms with Crippen LogP contribution in [0.3, 0.4) is 0 Å². The van der Waals surface area contributed by atoms with Gasteiger partial charge in [-0.2, -0.15) is 0 Å². The normalized spacial score (nSPS) is 12.0. The van der Waals surface area contributed by atoms with Crippen LogP contribution in [0.2, 0.25) is 0 Å². The van der Waals surface area contributed by atoms with Crippen molar-refractivity contribution in [1.29, 1.82) is 0 Å². The van der Waals surface area contributed by atoms with Crippen molar-refractivity contribution in [2.24, 2.45) is 0 Å². The highest BCUT2D eigenvalue weighted by Gasteiger charge is 2.32. The summed E-state index contributed by atoms with van der Waals surface area (Å²) in [5.74, 6) is 1.16. The molecule has 0 saturated carbocycles. The maximum absolute atomic E-state index is 13.4. The zero-order valence-corrected chi connectivity index (χ0v) is 19.5. The molecule has 0 aliphatic rings. The Labute approximate surface area is 192 Å². The van der Waals surface area contributed by atoms with E-state index in [0.717, 1.165) is 0 Å². The lowest BCUT2D eigenvalue weighted by molar-refractivity contribution is 0.0952. The molecule has 1 amide bonds. The Hall–Kier alpha value is -3.66. The highest BCUT2D eigenvalue weighted by Crippen LogP contribution is 2.38. The number of amides is 1. The predicted octanol–water partition coefficient (Wildman–Crippen LogP) is 3.26. The average Bonchev–Trinajstić information content (AvgIpc) is 3.37. The number of carbonyl (C=O) groups is 1. The van der Waals surface area contributed by atoms with E-state index in [4.69, 9.17) is 23.4 Å². The van der Waals surface area contributed by atoms with Gasteiger partial charge in [-0.3, -0.25) is 4.79 Å². The van der Waals surface area contributed by atoms with Crippen molar-refractivity contribution < 1.29 is 36.6 Å². The molecule has 0 fully saturated rings. The number of sulfone groups is 1. The zero-order valence-electron chi connectivity index (χ0n) is 18.7. The molecule has 0 aliphatic carbocycles. The van der Waals surface area contributed by atoms with Crippen LogP contribution >= 0.6 is 0 Å². The van der Waals surface area contributed by atoms with Crippen LogP contribution in [0.5, 0.6) is 23.0 Å². The molecule has 1 unspecified atom stereocenters. The van der Waals surface area contributed by atoms with Crippen LogP contribution in [-0.4, -0.2) is 49.3 Å². The second-order valence-corrected chi connectivity index (χ2v) is 8.98. The molecule has 9 nitrogen and oxygen atoms in total. The molecule has 1 aromatic heterocycles. The number of nitrogens with one attached hydrogen (secondary N) is 1. The van der Waals surface area contributed by atoms with Crippen LogP contribution in [0.25, 0.3) is 0 Å². The van der Waals surface area contributed by atoms with Gasteiger partial charge in [0.25, 0.3) is 5.91 Å². The third-order valence-electron chi connectivity index (χ3n) is 5.00. The van der Waals surface area contributed by atoms with E-state index in [2.05, 4.69) is 5.32 Å². The Balaban J connectivity index is 1.89. The topological polar surface area (TPSA) is 113 Å². The van der Waals surface area contributed by atoms with Gasteiger partial charge in [-0.1, -0.05) is 0 Å². The fourth-order valence-electron chi connectivity index (χ4n) is 3.27. The van der Waals surface area contributed by atoms with Gasteiger partial charge in [0.1, 0.15) is 16.8 Å². The smallest absolute Gasteiger partial charge is 0.251 e. The van der Waals surface area contributed by atoms with Gasteiger partial charge >= 0.3 is 0 Å². The van der Waals surface area contributed by atoms with E-state index in [1.807, 2.05) is 0 Å². The molecule has 0 radical (unpaired) electrons. The summed E-state index contributed by atoms with van der Waals surface area (Å²) in [5, 5.41) is 1.52. The van der Waals surface area contributed by atoms with Crippen molar-refractivity contribution in [3.8, 4) is 23.0 Å². The number of hydrogen-bond donors (Lipinski definition) is 1. The third-order valence-corrected chi connectivity index (χ3v) is 7.08. The minimum absolute atomic E-state index is 0.0757. The summed E-state index contributed by atoms with van der Waals surface area (Å²) >= 11 is 0. The average molecular weight is 476 g/mol. The zero-order chi connectivity index (χ0) is 24.0. The molecule has 0 saturated heterocycles. The number of methoxy groups -OCH3 is 4. The largest absolute Gasteiger partial charge is 0.497 e. The third kappa shape index (κ3) is 5.06. The summed E-state index contributed by atoms with van der Waals surface area (Å²) in [6.07, 6.45) is 1.38. The maximum Gasteiger partial charge on any atom is 0.251 e. The molecule has 10 heteroatoms. The van der Waals surface area contributed by atoms with Crippen molar-refractivity contribution in [2.45, 2.75) is 10.1 Å². The molecular weight excluding hydrogens is 450 g/mol. The first-order valence-corrected chi connectivity index (χ1v) is 11.4. The Bertz CT molecular complexity index is 1160. The first-order chi connectivity index (χ1) is 15.8. The molecular formula is C23H25NO8S. The van der Waals surface area contributed by atoms with Crippen molar-refractivity contribution in [1.82, 2.24) is 5.32 Å². The number of hydrogen-bond acceptors (Lipinski definition) is 8. The van der Waals surface area contributed by atoms with E-state index in [-0.39, 0.29) is 22.8 Å². The molecule has 2 aromatic carbocycles. The van der Waals surface area contributed by atoms with E-state index in [1.54, 1.807) is 24.3 Å². The highest BCUT2D eigenvalue weighted by atomic mass is 32.2. The Morgan fingerprint density at radius 1 is 0.939 bits per heavy atom. The summed E-state index contributed by atoms with van der Waals surface area (Å²) in [6.45, 7) is -0.225. The molecule has 0 bridgehead atoms. The molecule has 0 aliphatic heterocycles. The molecule has 176 valence electrons. The quantitative estimate of drug-likeness (QED) is 0.475. The van der Waals surface area contributed by atoms with Crippen LogP contribution in [0.4, 0.5) is 0 Å². The summed E-state index contributed by atoms with van der Waals surface area (Å²) < 4.78 is 53.0. The van der Waals surface area contributed by atoms with Crippen molar-refractivity contribution in [2.75, 3.05) is 35.0 Å². The first kappa shape index (κ1) is 24.0. The number of ether oxygens (including phenoxy) is 4. The monoisotopic (exact) mass is 475 g/mol. The van der Waals surface area contributed by atoms with E-state index in [9.17, 15) is 13.2 Å². The molecule has 1 atom stereocenters. The van der Waals surface area contributed by atoms with Gasteiger partial charge in [0.15, 0.2) is 21.3 Å². The van der Waals surface area contributed by atoms with Crippen LogP contribution in [0, 0.1) is 0 Å². The number of rotatable bonds is 10. The van der Waals surface area contributed by atoms with E-state index < -0.39 is 21.0 Å². The van der Waals surface area contributed by atoms with Gasteiger partial charge < -0.3 is 28.7 Å². The van der Waals surface area contributed by atoms with Gasteiger partial charge in [-0.15, -0.1) is 0 Å². The van der Waals surface area contributed by atoms with E-state index >= 15 is 0 Å². The summed E-state index contributed by atoms with van der Waals surface area (Å²) in [5.41, 5.74) is 0.213. The molecule has 1 N–H and O–H groups in total. The van der Waals surface area contributed by atoms with Gasteiger partial charge in [-0.05, 0) is 48.5 Å². The van der Waals surface area contributed by atoms with Crippen LogP contribution in [-0.2, 0) is 9.84 Å². The van der Waals surface area contributed by atoms with Gasteiger partial charge in [0, 0.05) is 12.1 Å². The fourth-order valence-corrected chi connectivity index (χ4v) is 4.85. The lowest BCUT2D eigenvalue weighted by atomic mass is 10.1. The molecule has 1 heterocycles. The first-order valence-electron chi connectivity index (χ1n) is 9.85.